The lowest BCUT2D eigenvalue weighted by Crippen LogP contribution is -2.26. The monoisotopic (exact) mass is 255 g/mol. The topological polar surface area (TPSA) is 82.5 Å². The molecule has 1 aromatic carbocycles. The Labute approximate surface area is 105 Å². The highest BCUT2D eigenvalue weighted by Crippen LogP contribution is 2.26. The van der Waals surface area contributed by atoms with Gasteiger partial charge in [0.2, 0.25) is 0 Å². The fourth-order valence-corrected chi connectivity index (χ4v) is 1.85. The molecule has 1 fully saturated rings. The van der Waals surface area contributed by atoms with E-state index >= 15 is 0 Å². The zero-order valence-corrected chi connectivity index (χ0v) is 10.5. The van der Waals surface area contributed by atoms with Crippen molar-refractivity contribution in [3.8, 4) is 0 Å². The molecule has 0 bridgehead atoms. The summed E-state index contributed by atoms with van der Waals surface area (Å²) in [5, 5.41) is 3.04. The van der Waals surface area contributed by atoms with Gasteiger partial charge < -0.3 is 26.3 Å². The Balaban J connectivity index is 1.97. The number of nitrogen functional groups attached to an aromatic ring is 2. The van der Waals surface area contributed by atoms with Crippen LogP contribution in [-0.2, 0) is 9.47 Å². The highest BCUT2D eigenvalue weighted by Gasteiger charge is 2.32. The van der Waals surface area contributed by atoms with Gasteiger partial charge in [0.25, 0.3) is 0 Å². The minimum atomic E-state index is -0.565. The van der Waals surface area contributed by atoms with E-state index in [4.69, 9.17) is 20.9 Å². The molecule has 18 heavy (non-hydrogen) atoms. The first-order valence-electron chi connectivity index (χ1n) is 5.77. The number of halogens is 1. The van der Waals surface area contributed by atoms with Gasteiger partial charge in [0.05, 0.1) is 23.7 Å². The zero-order chi connectivity index (χ0) is 13.3. The first-order chi connectivity index (χ1) is 8.37. The summed E-state index contributed by atoms with van der Waals surface area (Å²) in [6.07, 6.45) is -0.0833. The Morgan fingerprint density at radius 3 is 2.72 bits per heavy atom. The summed E-state index contributed by atoms with van der Waals surface area (Å²) >= 11 is 0. The van der Waals surface area contributed by atoms with E-state index in [9.17, 15) is 4.39 Å². The Bertz CT molecular complexity index is 451. The fraction of sp³-hybridized carbons (Fsp3) is 0.500. The number of hydrogen-bond acceptors (Lipinski definition) is 5. The van der Waals surface area contributed by atoms with Crippen molar-refractivity contribution < 1.29 is 13.9 Å². The molecule has 5 N–H and O–H groups in total. The Morgan fingerprint density at radius 2 is 2.11 bits per heavy atom. The van der Waals surface area contributed by atoms with Crippen LogP contribution in [0.3, 0.4) is 0 Å². The molecular weight excluding hydrogens is 237 g/mol. The Hall–Kier alpha value is -1.53. The van der Waals surface area contributed by atoms with E-state index in [1.54, 1.807) is 0 Å². The lowest BCUT2D eigenvalue weighted by atomic mass is 10.2. The van der Waals surface area contributed by atoms with Crippen LogP contribution in [0.15, 0.2) is 12.1 Å². The van der Waals surface area contributed by atoms with E-state index in [1.807, 2.05) is 13.8 Å². The van der Waals surface area contributed by atoms with Gasteiger partial charge in [0.1, 0.15) is 11.9 Å². The normalized spacial score (nSPS) is 22.1. The van der Waals surface area contributed by atoms with Crippen LogP contribution in [0.25, 0.3) is 0 Å². The van der Waals surface area contributed by atoms with Gasteiger partial charge in [-0.05, 0) is 19.9 Å². The minimum Gasteiger partial charge on any atom is -0.397 e. The van der Waals surface area contributed by atoms with Crippen LogP contribution >= 0.6 is 0 Å². The number of benzene rings is 1. The second kappa shape index (κ2) is 4.62. The smallest absolute Gasteiger partial charge is 0.163 e. The largest absolute Gasteiger partial charge is 0.397 e. The molecule has 0 unspecified atom stereocenters. The number of anilines is 3. The van der Waals surface area contributed by atoms with Gasteiger partial charge in [-0.1, -0.05) is 0 Å². The van der Waals surface area contributed by atoms with Crippen molar-refractivity contribution in [2.24, 2.45) is 0 Å². The van der Waals surface area contributed by atoms with Gasteiger partial charge in [-0.15, -0.1) is 0 Å². The standard InChI is InChI=1S/C12H18FN3O2/c1-12(2)17-6-7(18-12)5-16-11-3-8(13)9(14)4-10(11)15/h3-4,7,16H,5-6,14-15H2,1-2H3/t7-/m1/s1. The molecule has 0 amide bonds. The summed E-state index contributed by atoms with van der Waals surface area (Å²) in [5.41, 5.74) is 12.1. The molecule has 1 atom stereocenters. The number of nitrogens with one attached hydrogen (secondary N) is 1. The maximum absolute atomic E-state index is 13.3. The van der Waals surface area contributed by atoms with Crippen molar-refractivity contribution >= 4 is 17.1 Å². The van der Waals surface area contributed by atoms with Crippen molar-refractivity contribution in [2.45, 2.75) is 25.7 Å². The van der Waals surface area contributed by atoms with Crippen LogP contribution in [0, 0.1) is 5.82 Å². The predicted molar refractivity (Wildman–Crippen MR) is 68.6 cm³/mol. The summed E-state index contributed by atoms with van der Waals surface area (Å²) in [4.78, 5) is 0. The van der Waals surface area contributed by atoms with Crippen LogP contribution in [-0.4, -0.2) is 25.0 Å². The Kier molecular flexibility index (Phi) is 3.32. The molecule has 0 radical (unpaired) electrons. The molecule has 0 aromatic heterocycles. The van der Waals surface area contributed by atoms with E-state index in [0.717, 1.165) is 0 Å². The summed E-state index contributed by atoms with van der Waals surface area (Å²) < 4.78 is 24.4. The second-order valence-corrected chi connectivity index (χ2v) is 4.79. The zero-order valence-electron chi connectivity index (χ0n) is 10.5. The van der Waals surface area contributed by atoms with Crippen LogP contribution in [0.4, 0.5) is 21.5 Å². The molecule has 1 saturated heterocycles. The average molecular weight is 255 g/mol. The van der Waals surface area contributed by atoms with Crippen molar-refractivity contribution in [2.75, 3.05) is 29.9 Å². The van der Waals surface area contributed by atoms with Gasteiger partial charge in [-0.3, -0.25) is 0 Å². The van der Waals surface area contributed by atoms with Crippen LogP contribution in [0.5, 0.6) is 0 Å². The van der Waals surface area contributed by atoms with Crippen LogP contribution < -0.4 is 16.8 Å². The molecule has 0 spiro atoms. The average Bonchev–Trinajstić information content (AvgIpc) is 2.62. The second-order valence-electron chi connectivity index (χ2n) is 4.79. The molecule has 1 aliphatic heterocycles. The molecule has 1 aliphatic rings. The molecule has 0 saturated carbocycles. The SMILES string of the molecule is CC1(C)OC[C@@H](CNc2cc(F)c(N)cc2N)O1. The Morgan fingerprint density at radius 1 is 1.39 bits per heavy atom. The van der Waals surface area contributed by atoms with Crippen molar-refractivity contribution in [3.05, 3.63) is 17.9 Å². The van der Waals surface area contributed by atoms with Gasteiger partial charge in [-0.2, -0.15) is 0 Å². The van der Waals surface area contributed by atoms with Gasteiger partial charge in [-0.25, -0.2) is 4.39 Å². The highest BCUT2D eigenvalue weighted by molar-refractivity contribution is 5.71. The van der Waals surface area contributed by atoms with E-state index in [-0.39, 0.29) is 11.8 Å². The molecule has 1 aromatic rings. The third-order valence-electron chi connectivity index (χ3n) is 2.76. The number of ether oxygens (including phenoxy) is 2. The third kappa shape index (κ3) is 2.83. The van der Waals surface area contributed by atoms with Crippen LogP contribution in [0.1, 0.15) is 13.8 Å². The predicted octanol–water partition coefficient (Wildman–Crippen LogP) is 1.55. The number of hydrogen-bond donors (Lipinski definition) is 3. The van der Waals surface area contributed by atoms with Crippen molar-refractivity contribution in [3.63, 3.8) is 0 Å². The van der Waals surface area contributed by atoms with Gasteiger partial charge in [0, 0.05) is 12.6 Å². The molecule has 100 valence electrons. The summed E-state index contributed by atoms with van der Waals surface area (Å²) in [5.74, 6) is -1.06. The quantitative estimate of drug-likeness (QED) is 0.714. The number of rotatable bonds is 3. The third-order valence-corrected chi connectivity index (χ3v) is 2.76. The van der Waals surface area contributed by atoms with E-state index in [1.165, 1.54) is 12.1 Å². The summed E-state index contributed by atoms with van der Waals surface area (Å²) in [7, 11) is 0. The molecule has 2 rings (SSSR count). The molecule has 0 aliphatic carbocycles. The first kappa shape index (κ1) is 12.9. The minimum absolute atomic E-state index is 0.0413. The molecule has 5 nitrogen and oxygen atoms in total. The maximum Gasteiger partial charge on any atom is 0.163 e. The maximum atomic E-state index is 13.3. The van der Waals surface area contributed by atoms with Crippen molar-refractivity contribution in [1.29, 1.82) is 0 Å². The number of nitrogens with two attached hydrogens (primary N) is 2. The highest BCUT2D eigenvalue weighted by atomic mass is 19.1. The molecule has 6 heteroatoms. The van der Waals surface area contributed by atoms with Crippen LogP contribution in [0.2, 0.25) is 0 Å². The molecule has 1 heterocycles. The van der Waals surface area contributed by atoms with Crippen molar-refractivity contribution in [1.82, 2.24) is 0 Å². The van der Waals surface area contributed by atoms with E-state index < -0.39 is 11.6 Å². The fourth-order valence-electron chi connectivity index (χ4n) is 1.85. The lowest BCUT2D eigenvalue weighted by Gasteiger charge is -2.18. The van der Waals surface area contributed by atoms with E-state index in [2.05, 4.69) is 5.32 Å². The van der Waals surface area contributed by atoms with Gasteiger partial charge in [0.15, 0.2) is 5.79 Å². The summed E-state index contributed by atoms with van der Waals surface area (Å²) in [6.45, 7) is 4.70. The van der Waals surface area contributed by atoms with E-state index in [0.29, 0.717) is 24.5 Å². The first-order valence-corrected chi connectivity index (χ1v) is 5.77. The summed E-state index contributed by atoms with van der Waals surface area (Å²) in [6, 6.07) is 2.68. The van der Waals surface area contributed by atoms with Gasteiger partial charge >= 0.3 is 0 Å². The lowest BCUT2D eigenvalue weighted by molar-refractivity contribution is -0.136. The molecular formula is C12H18FN3O2.